The van der Waals surface area contributed by atoms with Crippen LogP contribution in [-0.2, 0) is 10.3 Å². The first-order valence-corrected chi connectivity index (χ1v) is 10.6. The van der Waals surface area contributed by atoms with Gasteiger partial charge >= 0.3 is 6.03 Å². The van der Waals surface area contributed by atoms with Crippen LogP contribution in [0.1, 0.15) is 69.2 Å². The molecule has 3 aromatic heterocycles. The number of fused-ring (bicyclic) bond motifs is 1. The molecule has 1 aliphatic carbocycles. The van der Waals surface area contributed by atoms with Crippen molar-refractivity contribution in [3.8, 4) is 0 Å². The number of carbonyl (C=O) groups excluding carboxylic acids is 1. The van der Waals surface area contributed by atoms with Gasteiger partial charge in [0.05, 0.1) is 0 Å². The van der Waals surface area contributed by atoms with Crippen LogP contribution in [0.15, 0.2) is 28.9 Å². The summed E-state index contributed by atoms with van der Waals surface area (Å²) in [6, 6.07) is 5.20. The van der Waals surface area contributed by atoms with Crippen molar-refractivity contribution in [2.45, 2.75) is 63.0 Å². The Kier molecular flexibility index (Phi) is 5.07. The van der Waals surface area contributed by atoms with Crippen LogP contribution < -0.4 is 10.6 Å². The van der Waals surface area contributed by atoms with Crippen LogP contribution in [0, 0.1) is 0 Å². The second kappa shape index (κ2) is 8.02. The zero-order valence-electron chi connectivity index (χ0n) is 16.7. The third-order valence-corrected chi connectivity index (χ3v) is 5.92. The minimum Gasteiger partial charge on any atom is -0.368 e. The Balaban J connectivity index is 1.39. The molecule has 1 unspecified atom stereocenters. The van der Waals surface area contributed by atoms with Gasteiger partial charge in [-0.25, -0.2) is 4.79 Å². The molecule has 2 N–H and O–H groups in total. The zero-order chi connectivity index (χ0) is 20.4. The molecule has 4 heterocycles. The zero-order valence-corrected chi connectivity index (χ0v) is 16.7. The van der Waals surface area contributed by atoms with Gasteiger partial charge in [-0.05, 0) is 37.8 Å². The summed E-state index contributed by atoms with van der Waals surface area (Å²) in [6.07, 6.45) is 9.24. The number of hydrogen-bond donors (Lipinski definition) is 2. The molecule has 1 saturated carbocycles. The summed E-state index contributed by atoms with van der Waals surface area (Å²) in [5.41, 5.74) is -0.0158. The lowest BCUT2D eigenvalue weighted by Gasteiger charge is -2.30. The van der Waals surface area contributed by atoms with E-state index in [0.29, 0.717) is 29.9 Å². The van der Waals surface area contributed by atoms with Crippen molar-refractivity contribution < 1.29 is 14.1 Å². The van der Waals surface area contributed by atoms with Crippen LogP contribution in [0.3, 0.4) is 0 Å². The summed E-state index contributed by atoms with van der Waals surface area (Å²) in [6.45, 7) is 0.709. The molecule has 2 fully saturated rings. The van der Waals surface area contributed by atoms with Gasteiger partial charge in [0.15, 0.2) is 11.5 Å². The van der Waals surface area contributed by atoms with Crippen molar-refractivity contribution in [1.29, 1.82) is 0 Å². The molecule has 2 aliphatic rings. The number of aromatic nitrogens is 5. The molecule has 0 spiro atoms. The van der Waals surface area contributed by atoms with Crippen LogP contribution >= 0.6 is 0 Å². The van der Waals surface area contributed by atoms with E-state index in [2.05, 4.69) is 31.0 Å². The fourth-order valence-corrected chi connectivity index (χ4v) is 4.35. The first-order chi connectivity index (χ1) is 14.7. The summed E-state index contributed by atoms with van der Waals surface area (Å²) in [4.78, 5) is 17.6. The predicted molar refractivity (Wildman–Crippen MR) is 107 cm³/mol. The normalized spacial score (nSPS) is 21.4. The van der Waals surface area contributed by atoms with Gasteiger partial charge in [0, 0.05) is 12.8 Å². The first-order valence-electron chi connectivity index (χ1n) is 10.6. The maximum Gasteiger partial charge on any atom is 0.322 e. The van der Waals surface area contributed by atoms with Crippen LogP contribution in [0.4, 0.5) is 10.7 Å². The van der Waals surface area contributed by atoms with Crippen LogP contribution in [-0.4, -0.2) is 37.4 Å². The van der Waals surface area contributed by atoms with Gasteiger partial charge < -0.3 is 14.6 Å². The molecule has 2 amide bonds. The SMILES string of the molecule is O=C(Nc1nnc2ccccn12)NC1(c2noc(C3CCCO3)n2)CCCCCC1. The number of amides is 2. The largest absolute Gasteiger partial charge is 0.368 e. The molecule has 10 nitrogen and oxygen atoms in total. The van der Waals surface area contributed by atoms with Crippen molar-refractivity contribution in [3.05, 3.63) is 36.1 Å². The molecule has 30 heavy (non-hydrogen) atoms. The highest BCUT2D eigenvalue weighted by Gasteiger charge is 2.40. The predicted octanol–water partition coefficient (Wildman–Crippen LogP) is 3.34. The van der Waals surface area contributed by atoms with Gasteiger partial charge in [0.1, 0.15) is 11.6 Å². The Labute approximate surface area is 173 Å². The lowest BCUT2D eigenvalue weighted by Crippen LogP contribution is -2.48. The van der Waals surface area contributed by atoms with Crippen LogP contribution in [0.25, 0.3) is 5.65 Å². The topological polar surface area (TPSA) is 119 Å². The van der Waals surface area contributed by atoms with E-state index in [0.717, 1.165) is 51.4 Å². The summed E-state index contributed by atoms with van der Waals surface area (Å²) in [7, 11) is 0. The fraction of sp³-hybridized carbons (Fsp3) is 0.550. The standard InChI is InChI=1S/C20H25N7O3/c28-19(22-18-25-24-15-9-3-6-12-27(15)18)23-20(10-4-1-2-5-11-20)17-21-16(30-26-17)14-8-7-13-29-14/h3,6,9,12,14H,1-2,4-5,7-8,10-11,13H2,(H2,22,23,25,28). The number of anilines is 1. The summed E-state index contributed by atoms with van der Waals surface area (Å²) >= 11 is 0. The van der Waals surface area contributed by atoms with E-state index < -0.39 is 5.54 Å². The lowest BCUT2D eigenvalue weighted by atomic mass is 9.89. The van der Waals surface area contributed by atoms with E-state index in [1.165, 1.54) is 0 Å². The third-order valence-electron chi connectivity index (χ3n) is 5.92. The molecule has 158 valence electrons. The molecule has 0 aromatic carbocycles. The second-order valence-corrected chi connectivity index (χ2v) is 7.99. The van der Waals surface area contributed by atoms with Crippen molar-refractivity contribution >= 4 is 17.6 Å². The summed E-state index contributed by atoms with van der Waals surface area (Å²) in [5.74, 6) is 1.38. The number of ether oxygens (including phenoxy) is 1. The second-order valence-electron chi connectivity index (χ2n) is 7.99. The van der Waals surface area contributed by atoms with Gasteiger partial charge in [-0.1, -0.05) is 36.9 Å². The monoisotopic (exact) mass is 411 g/mol. The van der Waals surface area contributed by atoms with Gasteiger partial charge in [0.2, 0.25) is 5.95 Å². The number of rotatable bonds is 4. The van der Waals surface area contributed by atoms with Crippen LogP contribution in [0.2, 0.25) is 0 Å². The van der Waals surface area contributed by atoms with E-state index in [1.807, 2.05) is 18.2 Å². The Bertz CT molecular complexity index is 1020. The first kappa shape index (κ1) is 19.0. The minimum atomic E-state index is -0.679. The third kappa shape index (κ3) is 3.62. The van der Waals surface area contributed by atoms with Gasteiger partial charge in [-0.2, -0.15) is 4.98 Å². The molecule has 1 aliphatic heterocycles. The van der Waals surface area contributed by atoms with Gasteiger partial charge in [-0.3, -0.25) is 9.72 Å². The van der Waals surface area contributed by atoms with Crippen LogP contribution in [0.5, 0.6) is 0 Å². The molecule has 0 radical (unpaired) electrons. The van der Waals surface area contributed by atoms with Gasteiger partial charge in [-0.15, -0.1) is 10.2 Å². The minimum absolute atomic E-state index is 0.148. The number of carbonyl (C=O) groups is 1. The molecular weight excluding hydrogens is 386 g/mol. The average molecular weight is 411 g/mol. The quantitative estimate of drug-likeness (QED) is 0.632. The van der Waals surface area contributed by atoms with E-state index in [-0.39, 0.29) is 12.1 Å². The molecule has 0 bridgehead atoms. The van der Waals surface area contributed by atoms with Crippen molar-refractivity contribution in [2.75, 3.05) is 11.9 Å². The highest BCUT2D eigenvalue weighted by atomic mass is 16.5. The number of urea groups is 1. The lowest BCUT2D eigenvalue weighted by molar-refractivity contribution is 0.0835. The summed E-state index contributed by atoms with van der Waals surface area (Å²) in [5, 5.41) is 18.4. The van der Waals surface area contributed by atoms with E-state index in [1.54, 1.807) is 10.6 Å². The highest BCUT2D eigenvalue weighted by Crippen LogP contribution is 2.36. The Morgan fingerprint density at radius 3 is 2.80 bits per heavy atom. The van der Waals surface area contributed by atoms with E-state index in [4.69, 9.17) is 9.26 Å². The number of hydrogen-bond acceptors (Lipinski definition) is 7. The van der Waals surface area contributed by atoms with Gasteiger partial charge in [0.25, 0.3) is 5.89 Å². The Hall–Kier alpha value is -3.01. The maximum absolute atomic E-state index is 13.0. The number of pyridine rings is 1. The number of nitrogens with zero attached hydrogens (tertiary/aromatic N) is 5. The Morgan fingerprint density at radius 1 is 1.13 bits per heavy atom. The summed E-state index contributed by atoms with van der Waals surface area (Å²) < 4.78 is 12.9. The Morgan fingerprint density at radius 2 is 2.00 bits per heavy atom. The van der Waals surface area contributed by atoms with Crippen molar-refractivity contribution in [1.82, 2.24) is 30.1 Å². The average Bonchev–Trinajstić information content (AvgIpc) is 3.49. The smallest absolute Gasteiger partial charge is 0.322 e. The molecule has 5 rings (SSSR count). The fourth-order valence-electron chi connectivity index (χ4n) is 4.35. The highest BCUT2D eigenvalue weighted by molar-refractivity contribution is 5.88. The molecule has 10 heteroatoms. The van der Waals surface area contributed by atoms with E-state index in [9.17, 15) is 4.79 Å². The van der Waals surface area contributed by atoms with Crippen molar-refractivity contribution in [2.24, 2.45) is 0 Å². The number of nitrogens with one attached hydrogen (secondary N) is 2. The molecular formula is C20H25N7O3. The van der Waals surface area contributed by atoms with E-state index >= 15 is 0 Å². The molecule has 3 aromatic rings. The molecule has 1 atom stereocenters. The maximum atomic E-state index is 13.0. The van der Waals surface area contributed by atoms with Crippen molar-refractivity contribution in [3.63, 3.8) is 0 Å². The molecule has 1 saturated heterocycles.